The summed E-state index contributed by atoms with van der Waals surface area (Å²) in [5.74, 6) is 4.74. The van der Waals surface area contributed by atoms with Crippen molar-refractivity contribution < 1.29 is 0 Å². The van der Waals surface area contributed by atoms with Gasteiger partial charge in [-0.1, -0.05) is 6.92 Å². The van der Waals surface area contributed by atoms with Crippen LogP contribution in [0.2, 0.25) is 5.28 Å². The number of hydrogen-bond donors (Lipinski definition) is 2. The van der Waals surface area contributed by atoms with Gasteiger partial charge in [-0.25, -0.2) is 0 Å². The fraction of sp³-hybridized carbons (Fsp3) is 0.727. The second-order valence-corrected chi connectivity index (χ2v) is 7.02. The van der Waals surface area contributed by atoms with Crippen molar-refractivity contribution in [2.75, 3.05) is 41.0 Å². The van der Waals surface area contributed by atoms with E-state index in [-0.39, 0.29) is 5.28 Å². The lowest BCUT2D eigenvalue weighted by molar-refractivity contribution is 0.923. The molecule has 8 heteroatoms. The van der Waals surface area contributed by atoms with Gasteiger partial charge in [-0.05, 0) is 18.0 Å². The molecule has 106 valence electrons. The predicted molar refractivity (Wildman–Crippen MR) is 85.7 cm³/mol. The molecule has 0 bridgehead atoms. The lowest BCUT2D eigenvalue weighted by Crippen LogP contribution is -2.24. The van der Waals surface area contributed by atoms with Gasteiger partial charge in [0.2, 0.25) is 17.2 Å². The first-order chi connectivity index (χ1) is 9.28. The van der Waals surface area contributed by atoms with E-state index in [0.29, 0.717) is 17.1 Å². The highest BCUT2D eigenvalue weighted by Gasteiger charge is 2.14. The largest absolute Gasteiger partial charge is 0.354 e. The van der Waals surface area contributed by atoms with E-state index in [2.05, 4.69) is 32.5 Å². The minimum Gasteiger partial charge on any atom is -0.354 e. The van der Waals surface area contributed by atoms with Crippen LogP contribution in [0.25, 0.3) is 0 Å². The number of aromatic nitrogens is 3. The molecule has 1 aliphatic rings. The van der Waals surface area contributed by atoms with E-state index < -0.39 is 0 Å². The molecule has 0 aromatic carbocycles. The van der Waals surface area contributed by atoms with E-state index in [9.17, 15) is 0 Å². The summed E-state index contributed by atoms with van der Waals surface area (Å²) < 4.78 is 0. The van der Waals surface area contributed by atoms with E-state index in [1.165, 1.54) is 17.3 Å². The number of nitrogens with zero attached hydrogens (tertiary/aromatic N) is 3. The van der Waals surface area contributed by atoms with Crippen molar-refractivity contribution in [3.05, 3.63) is 5.28 Å². The lowest BCUT2D eigenvalue weighted by atomic mass is 10.5. The Labute approximate surface area is 127 Å². The topological polar surface area (TPSA) is 62.7 Å². The van der Waals surface area contributed by atoms with Gasteiger partial charge in [0.05, 0.1) is 0 Å². The van der Waals surface area contributed by atoms with Gasteiger partial charge < -0.3 is 10.6 Å². The summed E-state index contributed by atoms with van der Waals surface area (Å²) >= 11 is 9.90. The zero-order valence-corrected chi connectivity index (χ0v) is 13.2. The van der Waals surface area contributed by atoms with Gasteiger partial charge in [0.15, 0.2) is 0 Å². The summed E-state index contributed by atoms with van der Waals surface area (Å²) in [6.45, 7) is 3.78. The van der Waals surface area contributed by atoms with Crippen LogP contribution in [0, 0.1) is 0 Å². The van der Waals surface area contributed by atoms with Crippen molar-refractivity contribution in [2.24, 2.45) is 0 Å². The van der Waals surface area contributed by atoms with Crippen molar-refractivity contribution in [1.82, 2.24) is 15.0 Å². The zero-order chi connectivity index (χ0) is 13.5. The molecule has 19 heavy (non-hydrogen) atoms. The highest BCUT2D eigenvalue weighted by molar-refractivity contribution is 8.06. The summed E-state index contributed by atoms with van der Waals surface area (Å²) in [4.78, 5) is 12.5. The molecule has 2 heterocycles. The average molecular weight is 320 g/mol. The van der Waals surface area contributed by atoms with Crippen LogP contribution in [-0.2, 0) is 0 Å². The SMILES string of the molecule is CCCNc1nc(Cl)nc(NCC2CSCCS2)n1. The number of nitrogens with one attached hydrogen (secondary N) is 2. The third-order valence-electron chi connectivity index (χ3n) is 2.51. The third kappa shape index (κ3) is 5.24. The van der Waals surface area contributed by atoms with Gasteiger partial charge in [-0.2, -0.15) is 38.5 Å². The number of rotatable bonds is 6. The van der Waals surface area contributed by atoms with Crippen molar-refractivity contribution in [3.63, 3.8) is 0 Å². The fourth-order valence-electron chi connectivity index (χ4n) is 1.60. The smallest absolute Gasteiger partial charge is 0.228 e. The number of halogens is 1. The van der Waals surface area contributed by atoms with Crippen LogP contribution in [0.15, 0.2) is 0 Å². The maximum Gasteiger partial charge on any atom is 0.228 e. The maximum atomic E-state index is 5.90. The van der Waals surface area contributed by atoms with Gasteiger partial charge in [0.1, 0.15) is 0 Å². The van der Waals surface area contributed by atoms with E-state index in [1.807, 2.05) is 23.5 Å². The molecule has 2 N–H and O–H groups in total. The van der Waals surface area contributed by atoms with E-state index in [0.717, 1.165) is 19.5 Å². The summed E-state index contributed by atoms with van der Waals surface area (Å²) in [6, 6.07) is 0. The van der Waals surface area contributed by atoms with Crippen LogP contribution in [0.3, 0.4) is 0 Å². The van der Waals surface area contributed by atoms with E-state index in [1.54, 1.807) is 0 Å². The van der Waals surface area contributed by atoms with Crippen LogP contribution >= 0.6 is 35.1 Å². The Hall–Kier alpha value is -0.400. The van der Waals surface area contributed by atoms with Gasteiger partial charge in [-0.15, -0.1) is 0 Å². The van der Waals surface area contributed by atoms with E-state index >= 15 is 0 Å². The average Bonchev–Trinajstić information content (AvgIpc) is 2.43. The van der Waals surface area contributed by atoms with Crippen LogP contribution < -0.4 is 10.6 Å². The van der Waals surface area contributed by atoms with E-state index in [4.69, 9.17) is 11.6 Å². The van der Waals surface area contributed by atoms with Crippen LogP contribution in [0.5, 0.6) is 0 Å². The second-order valence-electron chi connectivity index (χ2n) is 4.13. The van der Waals surface area contributed by atoms with Crippen molar-refractivity contribution in [3.8, 4) is 0 Å². The molecule has 0 aliphatic carbocycles. The molecule has 1 saturated heterocycles. The zero-order valence-electron chi connectivity index (χ0n) is 10.9. The van der Waals surface area contributed by atoms with Crippen LogP contribution in [0.4, 0.5) is 11.9 Å². The van der Waals surface area contributed by atoms with Crippen LogP contribution in [-0.4, -0.2) is 50.5 Å². The lowest BCUT2D eigenvalue weighted by Gasteiger charge is -2.21. The second kappa shape index (κ2) is 8.01. The number of hydrogen-bond acceptors (Lipinski definition) is 7. The first-order valence-electron chi connectivity index (χ1n) is 6.36. The summed E-state index contributed by atoms with van der Waals surface area (Å²) in [6.07, 6.45) is 1.02. The Morgan fingerprint density at radius 1 is 1.21 bits per heavy atom. The maximum absolute atomic E-state index is 5.90. The summed E-state index contributed by atoms with van der Waals surface area (Å²) in [7, 11) is 0. The molecular formula is C11H18ClN5S2. The number of thioether (sulfide) groups is 2. The molecule has 0 spiro atoms. The molecule has 1 aromatic rings. The quantitative estimate of drug-likeness (QED) is 0.835. The van der Waals surface area contributed by atoms with Crippen molar-refractivity contribution >= 4 is 47.0 Å². The fourth-order valence-corrected chi connectivity index (χ4v) is 4.38. The van der Waals surface area contributed by atoms with Crippen molar-refractivity contribution in [2.45, 2.75) is 18.6 Å². The molecule has 2 rings (SSSR count). The first kappa shape index (κ1) is 15.0. The monoisotopic (exact) mass is 319 g/mol. The van der Waals surface area contributed by atoms with Crippen molar-refractivity contribution in [1.29, 1.82) is 0 Å². The predicted octanol–water partition coefficient (Wildman–Crippen LogP) is 2.61. The highest BCUT2D eigenvalue weighted by Crippen LogP contribution is 2.24. The van der Waals surface area contributed by atoms with Gasteiger partial charge >= 0.3 is 0 Å². The molecule has 1 aromatic heterocycles. The normalized spacial score (nSPS) is 19.2. The molecule has 1 unspecified atom stereocenters. The Balaban J connectivity index is 1.89. The minimum absolute atomic E-state index is 0.224. The molecule has 1 fully saturated rings. The molecule has 5 nitrogen and oxygen atoms in total. The third-order valence-corrected chi connectivity index (χ3v) is 5.53. The van der Waals surface area contributed by atoms with Crippen LogP contribution in [0.1, 0.15) is 13.3 Å². The molecule has 1 aliphatic heterocycles. The Morgan fingerprint density at radius 2 is 2.00 bits per heavy atom. The molecule has 0 saturated carbocycles. The first-order valence-corrected chi connectivity index (χ1v) is 8.94. The summed E-state index contributed by atoms with van der Waals surface area (Å²) in [5, 5.41) is 7.20. The molecular weight excluding hydrogens is 302 g/mol. The minimum atomic E-state index is 0.224. The molecule has 1 atom stereocenters. The Bertz CT molecular complexity index is 401. The molecule has 0 radical (unpaired) electrons. The highest BCUT2D eigenvalue weighted by atomic mass is 35.5. The van der Waals surface area contributed by atoms with Gasteiger partial charge in [0, 0.05) is 35.6 Å². The van der Waals surface area contributed by atoms with Gasteiger partial charge in [0.25, 0.3) is 0 Å². The van der Waals surface area contributed by atoms with Gasteiger partial charge in [-0.3, -0.25) is 0 Å². The number of anilines is 2. The Morgan fingerprint density at radius 3 is 2.68 bits per heavy atom. The standard InChI is InChI=1S/C11H18ClN5S2/c1-2-3-13-10-15-9(12)16-11(17-10)14-6-8-7-18-4-5-19-8/h8H,2-7H2,1H3,(H2,13,14,15,16,17). The molecule has 0 amide bonds. The summed E-state index contributed by atoms with van der Waals surface area (Å²) in [5.41, 5.74) is 0. The Kier molecular flexibility index (Phi) is 6.33.